The molecule has 0 fully saturated rings. The number of carbonyl (C=O) groups is 1. The van der Waals surface area contributed by atoms with Crippen LogP contribution in [0.1, 0.15) is 38.8 Å². The summed E-state index contributed by atoms with van der Waals surface area (Å²) < 4.78 is 5.91. The Labute approximate surface area is 161 Å². The first-order valence-corrected chi connectivity index (χ1v) is 9.53. The molecule has 0 aliphatic rings. The van der Waals surface area contributed by atoms with Gasteiger partial charge in [0.2, 0.25) is 0 Å². The maximum atomic E-state index is 12.7. The molecule has 0 spiro atoms. The molecule has 1 N–H and O–H groups in total. The van der Waals surface area contributed by atoms with Crippen molar-refractivity contribution >= 4 is 16.7 Å². The van der Waals surface area contributed by atoms with E-state index in [1.165, 1.54) is 0 Å². The van der Waals surface area contributed by atoms with Gasteiger partial charge in [-0.25, -0.2) is 0 Å². The number of nitrogens with one attached hydrogen (secondary N) is 1. The quantitative estimate of drug-likeness (QED) is 0.602. The van der Waals surface area contributed by atoms with Gasteiger partial charge in [-0.3, -0.25) is 4.79 Å². The molecule has 2 unspecified atom stereocenters. The lowest BCUT2D eigenvalue weighted by atomic mass is 9.97. The molecule has 0 radical (unpaired) electrons. The highest BCUT2D eigenvalue weighted by Gasteiger charge is 2.21. The number of benzene rings is 3. The summed E-state index contributed by atoms with van der Waals surface area (Å²) in [5.41, 5.74) is 1.12. The second-order valence-electron chi connectivity index (χ2n) is 7.37. The van der Waals surface area contributed by atoms with Crippen molar-refractivity contribution in [2.75, 3.05) is 0 Å². The van der Waals surface area contributed by atoms with Crippen LogP contribution in [0.25, 0.3) is 10.8 Å². The van der Waals surface area contributed by atoms with Crippen molar-refractivity contribution in [1.82, 2.24) is 5.32 Å². The summed E-state index contributed by atoms with van der Waals surface area (Å²) >= 11 is 0. The van der Waals surface area contributed by atoms with E-state index in [4.69, 9.17) is 4.74 Å². The Balaban J connectivity index is 1.69. The Morgan fingerprint density at radius 2 is 1.56 bits per heavy atom. The van der Waals surface area contributed by atoms with Crippen molar-refractivity contribution in [3.8, 4) is 5.75 Å². The number of carbonyl (C=O) groups excluding carboxylic acids is 1. The van der Waals surface area contributed by atoms with Gasteiger partial charge in [0.15, 0.2) is 6.10 Å². The lowest BCUT2D eigenvalue weighted by Crippen LogP contribution is -2.39. The van der Waals surface area contributed by atoms with Crippen LogP contribution in [0.3, 0.4) is 0 Å². The average Bonchev–Trinajstić information content (AvgIpc) is 2.67. The van der Waals surface area contributed by atoms with Crippen LogP contribution in [0.15, 0.2) is 72.8 Å². The Bertz CT molecular complexity index is 889. The van der Waals surface area contributed by atoms with Crippen LogP contribution in [0.2, 0.25) is 0 Å². The fourth-order valence-electron chi connectivity index (χ4n) is 3.22. The van der Waals surface area contributed by atoms with Gasteiger partial charge in [0, 0.05) is 0 Å². The average molecular weight is 361 g/mol. The molecular formula is C24H27NO2. The van der Waals surface area contributed by atoms with Crippen molar-refractivity contribution in [3.63, 3.8) is 0 Å². The summed E-state index contributed by atoms with van der Waals surface area (Å²) in [7, 11) is 0. The minimum Gasteiger partial charge on any atom is -0.481 e. The smallest absolute Gasteiger partial charge is 0.261 e. The van der Waals surface area contributed by atoms with Crippen molar-refractivity contribution < 1.29 is 9.53 Å². The van der Waals surface area contributed by atoms with Gasteiger partial charge in [-0.2, -0.15) is 0 Å². The molecule has 3 rings (SSSR count). The SMILES string of the molecule is CC(C)CC(NC(=O)C(C)Oc1ccc2ccccc2c1)c1ccccc1. The number of ether oxygens (including phenoxy) is 1. The molecule has 3 aromatic rings. The highest BCUT2D eigenvalue weighted by molar-refractivity contribution is 5.84. The van der Waals surface area contributed by atoms with Crippen LogP contribution < -0.4 is 10.1 Å². The summed E-state index contributed by atoms with van der Waals surface area (Å²) in [6.07, 6.45) is 0.322. The van der Waals surface area contributed by atoms with Gasteiger partial charge in [0.05, 0.1) is 6.04 Å². The molecule has 0 saturated heterocycles. The van der Waals surface area contributed by atoms with E-state index in [1.54, 1.807) is 6.92 Å². The van der Waals surface area contributed by atoms with Crippen molar-refractivity contribution in [2.24, 2.45) is 5.92 Å². The Morgan fingerprint density at radius 3 is 2.26 bits per heavy atom. The molecule has 140 valence electrons. The van der Waals surface area contributed by atoms with E-state index >= 15 is 0 Å². The van der Waals surface area contributed by atoms with Crippen LogP contribution in [-0.2, 0) is 4.79 Å². The summed E-state index contributed by atoms with van der Waals surface area (Å²) in [6.45, 7) is 6.12. The molecule has 0 heterocycles. The van der Waals surface area contributed by atoms with Gasteiger partial charge in [0.25, 0.3) is 5.91 Å². The van der Waals surface area contributed by atoms with Gasteiger partial charge in [-0.05, 0) is 47.7 Å². The van der Waals surface area contributed by atoms with Crippen molar-refractivity contribution in [3.05, 3.63) is 78.4 Å². The Hall–Kier alpha value is -2.81. The normalized spacial score (nSPS) is 13.3. The molecular weight excluding hydrogens is 334 g/mol. The molecule has 3 nitrogen and oxygen atoms in total. The molecule has 0 saturated carbocycles. The van der Waals surface area contributed by atoms with Crippen LogP contribution in [-0.4, -0.2) is 12.0 Å². The lowest BCUT2D eigenvalue weighted by Gasteiger charge is -2.23. The molecule has 3 aromatic carbocycles. The van der Waals surface area contributed by atoms with E-state index in [1.807, 2.05) is 54.6 Å². The monoisotopic (exact) mass is 361 g/mol. The van der Waals surface area contributed by atoms with Crippen molar-refractivity contribution in [2.45, 2.75) is 39.3 Å². The summed E-state index contributed by atoms with van der Waals surface area (Å²) in [6, 6.07) is 24.1. The zero-order valence-corrected chi connectivity index (χ0v) is 16.2. The fourth-order valence-corrected chi connectivity index (χ4v) is 3.22. The summed E-state index contributed by atoms with van der Waals surface area (Å²) in [5, 5.41) is 5.41. The lowest BCUT2D eigenvalue weighted by molar-refractivity contribution is -0.128. The van der Waals surface area contributed by atoms with Crippen LogP contribution in [0.5, 0.6) is 5.75 Å². The van der Waals surface area contributed by atoms with E-state index in [0.29, 0.717) is 11.7 Å². The zero-order valence-electron chi connectivity index (χ0n) is 16.2. The van der Waals surface area contributed by atoms with Gasteiger partial charge < -0.3 is 10.1 Å². The number of rotatable bonds is 7. The standard InChI is InChI=1S/C24H27NO2/c1-17(2)15-23(20-10-5-4-6-11-20)25-24(26)18(3)27-22-14-13-19-9-7-8-12-21(19)16-22/h4-14,16-18,23H,15H2,1-3H3,(H,25,26). The van der Waals surface area contributed by atoms with Crippen LogP contribution >= 0.6 is 0 Å². The fraction of sp³-hybridized carbons (Fsp3) is 0.292. The highest BCUT2D eigenvalue weighted by atomic mass is 16.5. The molecule has 3 heteroatoms. The number of hydrogen-bond acceptors (Lipinski definition) is 2. The summed E-state index contributed by atoms with van der Waals surface area (Å²) in [4.78, 5) is 12.7. The molecule has 0 aliphatic carbocycles. The molecule has 1 amide bonds. The molecule has 0 aliphatic heterocycles. The molecule has 27 heavy (non-hydrogen) atoms. The third-order valence-corrected chi connectivity index (χ3v) is 4.63. The highest BCUT2D eigenvalue weighted by Crippen LogP contribution is 2.23. The second-order valence-corrected chi connectivity index (χ2v) is 7.37. The van der Waals surface area contributed by atoms with E-state index in [-0.39, 0.29) is 11.9 Å². The van der Waals surface area contributed by atoms with E-state index in [9.17, 15) is 4.79 Å². The third-order valence-electron chi connectivity index (χ3n) is 4.63. The van der Waals surface area contributed by atoms with Crippen LogP contribution in [0.4, 0.5) is 0 Å². The molecule has 0 aromatic heterocycles. The summed E-state index contributed by atoms with van der Waals surface area (Å²) in [5.74, 6) is 1.08. The van der Waals surface area contributed by atoms with E-state index < -0.39 is 6.10 Å². The molecule has 0 bridgehead atoms. The van der Waals surface area contributed by atoms with E-state index in [2.05, 4.69) is 37.4 Å². The second kappa shape index (κ2) is 8.72. The van der Waals surface area contributed by atoms with E-state index in [0.717, 1.165) is 22.8 Å². The minimum atomic E-state index is -0.565. The third kappa shape index (κ3) is 5.10. The number of amides is 1. The largest absolute Gasteiger partial charge is 0.481 e. The minimum absolute atomic E-state index is 0.0126. The Morgan fingerprint density at radius 1 is 0.889 bits per heavy atom. The first kappa shape index (κ1) is 19.0. The van der Waals surface area contributed by atoms with Gasteiger partial charge >= 0.3 is 0 Å². The Kier molecular flexibility index (Phi) is 6.12. The van der Waals surface area contributed by atoms with Gasteiger partial charge in [-0.15, -0.1) is 0 Å². The molecule has 2 atom stereocenters. The number of fused-ring (bicyclic) bond motifs is 1. The maximum absolute atomic E-state index is 12.7. The number of hydrogen-bond donors (Lipinski definition) is 1. The zero-order chi connectivity index (χ0) is 19.2. The first-order chi connectivity index (χ1) is 13.0. The predicted octanol–water partition coefficient (Wildman–Crippen LogP) is 5.51. The first-order valence-electron chi connectivity index (χ1n) is 9.53. The predicted molar refractivity (Wildman–Crippen MR) is 111 cm³/mol. The topological polar surface area (TPSA) is 38.3 Å². The van der Waals surface area contributed by atoms with Gasteiger partial charge in [0.1, 0.15) is 5.75 Å². The van der Waals surface area contributed by atoms with Gasteiger partial charge in [-0.1, -0.05) is 74.5 Å². The van der Waals surface area contributed by atoms with Crippen molar-refractivity contribution in [1.29, 1.82) is 0 Å². The maximum Gasteiger partial charge on any atom is 0.261 e. The van der Waals surface area contributed by atoms with Crippen LogP contribution in [0, 0.1) is 5.92 Å².